The molecule has 1 fully saturated rings. The molecule has 0 N–H and O–H groups in total. The predicted molar refractivity (Wildman–Crippen MR) is 78.9 cm³/mol. The SMILES string of the molecule is COc1ccc(C=O)c(OC(C)C(=O)N2CCCCC2)c1. The van der Waals surface area contributed by atoms with Crippen LogP contribution in [0.2, 0.25) is 0 Å². The summed E-state index contributed by atoms with van der Waals surface area (Å²) in [5, 5.41) is 0. The van der Waals surface area contributed by atoms with E-state index in [0.29, 0.717) is 23.3 Å². The van der Waals surface area contributed by atoms with Gasteiger partial charge in [0.15, 0.2) is 12.4 Å². The molecule has 1 aromatic carbocycles. The maximum Gasteiger partial charge on any atom is 0.263 e. The summed E-state index contributed by atoms with van der Waals surface area (Å²) in [4.78, 5) is 25.2. The van der Waals surface area contributed by atoms with E-state index in [1.165, 1.54) is 6.42 Å². The summed E-state index contributed by atoms with van der Waals surface area (Å²) < 4.78 is 10.8. The number of rotatable bonds is 5. The summed E-state index contributed by atoms with van der Waals surface area (Å²) in [5.74, 6) is 0.935. The average molecular weight is 291 g/mol. The summed E-state index contributed by atoms with van der Waals surface area (Å²) in [6, 6.07) is 4.94. The van der Waals surface area contributed by atoms with Crippen molar-refractivity contribution >= 4 is 12.2 Å². The highest BCUT2D eigenvalue weighted by atomic mass is 16.5. The Balaban J connectivity index is 2.08. The zero-order chi connectivity index (χ0) is 15.2. The number of amides is 1. The van der Waals surface area contributed by atoms with Gasteiger partial charge in [0, 0.05) is 19.2 Å². The number of benzene rings is 1. The molecule has 0 bridgehead atoms. The third-order valence-corrected chi connectivity index (χ3v) is 3.67. The van der Waals surface area contributed by atoms with Crippen LogP contribution in [0.15, 0.2) is 18.2 Å². The molecule has 1 amide bonds. The summed E-state index contributed by atoms with van der Waals surface area (Å²) in [7, 11) is 1.54. The van der Waals surface area contributed by atoms with Gasteiger partial charge in [-0.25, -0.2) is 0 Å². The van der Waals surface area contributed by atoms with E-state index in [4.69, 9.17) is 9.47 Å². The Labute approximate surface area is 124 Å². The Hall–Kier alpha value is -2.04. The third-order valence-electron chi connectivity index (χ3n) is 3.67. The molecule has 21 heavy (non-hydrogen) atoms. The van der Waals surface area contributed by atoms with Crippen molar-refractivity contribution in [1.82, 2.24) is 4.90 Å². The second kappa shape index (κ2) is 7.11. The Morgan fingerprint density at radius 1 is 1.29 bits per heavy atom. The van der Waals surface area contributed by atoms with Crippen LogP contribution in [0, 0.1) is 0 Å². The molecule has 114 valence electrons. The lowest BCUT2D eigenvalue weighted by molar-refractivity contribution is -0.138. The molecular formula is C16H21NO4. The van der Waals surface area contributed by atoms with Gasteiger partial charge in [-0.1, -0.05) is 0 Å². The maximum atomic E-state index is 12.3. The second-order valence-electron chi connectivity index (χ2n) is 5.17. The molecule has 1 aliphatic heterocycles. The molecule has 0 aromatic heterocycles. The molecule has 1 atom stereocenters. The highest BCUT2D eigenvalue weighted by Gasteiger charge is 2.24. The van der Waals surface area contributed by atoms with Crippen LogP contribution in [0.3, 0.4) is 0 Å². The molecule has 0 radical (unpaired) electrons. The van der Waals surface area contributed by atoms with Crippen LogP contribution >= 0.6 is 0 Å². The predicted octanol–water partition coefficient (Wildman–Crippen LogP) is 2.29. The summed E-state index contributed by atoms with van der Waals surface area (Å²) >= 11 is 0. The molecule has 1 unspecified atom stereocenters. The lowest BCUT2D eigenvalue weighted by atomic mass is 10.1. The van der Waals surface area contributed by atoms with Crippen LogP contribution in [0.25, 0.3) is 0 Å². The number of aldehydes is 1. The van der Waals surface area contributed by atoms with Gasteiger partial charge < -0.3 is 14.4 Å². The summed E-state index contributed by atoms with van der Waals surface area (Å²) in [6.07, 6.45) is 3.35. The van der Waals surface area contributed by atoms with Crippen molar-refractivity contribution in [1.29, 1.82) is 0 Å². The van der Waals surface area contributed by atoms with Gasteiger partial charge in [0.1, 0.15) is 11.5 Å². The second-order valence-corrected chi connectivity index (χ2v) is 5.17. The number of likely N-dealkylation sites (tertiary alicyclic amines) is 1. The van der Waals surface area contributed by atoms with Gasteiger partial charge in [-0.15, -0.1) is 0 Å². The Bertz CT molecular complexity index is 509. The number of nitrogens with zero attached hydrogens (tertiary/aromatic N) is 1. The monoisotopic (exact) mass is 291 g/mol. The highest BCUT2D eigenvalue weighted by molar-refractivity contribution is 5.83. The largest absolute Gasteiger partial charge is 0.497 e. The molecule has 1 saturated heterocycles. The standard InChI is InChI=1S/C16H21NO4/c1-12(16(19)17-8-4-3-5-9-17)21-15-10-14(20-2)7-6-13(15)11-18/h6-7,10-12H,3-5,8-9H2,1-2H3. The van der Waals surface area contributed by atoms with Crippen LogP contribution in [-0.4, -0.2) is 43.4 Å². The van der Waals surface area contributed by atoms with Crippen molar-refractivity contribution in [3.63, 3.8) is 0 Å². The van der Waals surface area contributed by atoms with E-state index in [1.54, 1.807) is 32.2 Å². The topological polar surface area (TPSA) is 55.8 Å². The summed E-state index contributed by atoms with van der Waals surface area (Å²) in [6.45, 7) is 3.28. The average Bonchev–Trinajstić information content (AvgIpc) is 2.54. The van der Waals surface area contributed by atoms with E-state index in [1.807, 2.05) is 4.90 Å². The fourth-order valence-electron chi connectivity index (χ4n) is 2.45. The third kappa shape index (κ3) is 3.74. The van der Waals surface area contributed by atoms with Gasteiger partial charge in [-0.3, -0.25) is 9.59 Å². The smallest absolute Gasteiger partial charge is 0.263 e. The number of hydrogen-bond donors (Lipinski definition) is 0. The van der Waals surface area contributed by atoms with Crippen molar-refractivity contribution in [2.75, 3.05) is 20.2 Å². The molecule has 0 saturated carbocycles. The van der Waals surface area contributed by atoms with Crippen molar-refractivity contribution in [2.24, 2.45) is 0 Å². The molecule has 5 nitrogen and oxygen atoms in total. The Morgan fingerprint density at radius 2 is 2.00 bits per heavy atom. The van der Waals surface area contributed by atoms with E-state index < -0.39 is 6.10 Å². The fraction of sp³-hybridized carbons (Fsp3) is 0.500. The number of carbonyl (C=O) groups excluding carboxylic acids is 2. The quantitative estimate of drug-likeness (QED) is 0.781. The lowest BCUT2D eigenvalue weighted by Crippen LogP contribution is -2.43. The summed E-state index contributed by atoms with van der Waals surface area (Å²) in [5.41, 5.74) is 0.411. The van der Waals surface area contributed by atoms with Gasteiger partial charge in [-0.2, -0.15) is 0 Å². The van der Waals surface area contributed by atoms with E-state index in [-0.39, 0.29) is 5.91 Å². The zero-order valence-electron chi connectivity index (χ0n) is 12.5. The molecular weight excluding hydrogens is 270 g/mol. The Morgan fingerprint density at radius 3 is 2.62 bits per heavy atom. The molecule has 5 heteroatoms. The lowest BCUT2D eigenvalue weighted by Gasteiger charge is -2.29. The maximum absolute atomic E-state index is 12.3. The normalized spacial score (nSPS) is 16.2. The number of methoxy groups -OCH3 is 1. The number of hydrogen-bond acceptors (Lipinski definition) is 4. The molecule has 0 aliphatic carbocycles. The van der Waals surface area contributed by atoms with Gasteiger partial charge in [0.05, 0.1) is 12.7 Å². The Kier molecular flexibility index (Phi) is 5.20. The minimum absolute atomic E-state index is 0.0330. The molecule has 1 aromatic rings. The molecule has 0 spiro atoms. The van der Waals surface area contributed by atoms with Crippen LogP contribution in [-0.2, 0) is 4.79 Å². The van der Waals surface area contributed by atoms with Crippen molar-refractivity contribution in [3.05, 3.63) is 23.8 Å². The van der Waals surface area contributed by atoms with Crippen LogP contribution in [0.1, 0.15) is 36.5 Å². The van der Waals surface area contributed by atoms with E-state index >= 15 is 0 Å². The van der Waals surface area contributed by atoms with Crippen LogP contribution < -0.4 is 9.47 Å². The number of carbonyl (C=O) groups is 2. The number of piperidine rings is 1. The first-order valence-corrected chi connectivity index (χ1v) is 7.24. The zero-order valence-corrected chi connectivity index (χ0v) is 12.5. The van der Waals surface area contributed by atoms with Crippen molar-refractivity contribution < 1.29 is 19.1 Å². The minimum Gasteiger partial charge on any atom is -0.497 e. The minimum atomic E-state index is -0.617. The first kappa shape index (κ1) is 15.4. The highest BCUT2D eigenvalue weighted by Crippen LogP contribution is 2.25. The first-order chi connectivity index (χ1) is 10.2. The number of ether oxygens (including phenoxy) is 2. The van der Waals surface area contributed by atoms with Gasteiger partial charge in [-0.05, 0) is 38.3 Å². The fourth-order valence-corrected chi connectivity index (χ4v) is 2.45. The van der Waals surface area contributed by atoms with Crippen molar-refractivity contribution in [2.45, 2.75) is 32.3 Å². The van der Waals surface area contributed by atoms with E-state index in [9.17, 15) is 9.59 Å². The van der Waals surface area contributed by atoms with E-state index in [0.717, 1.165) is 25.9 Å². The molecule has 2 rings (SSSR count). The van der Waals surface area contributed by atoms with E-state index in [2.05, 4.69) is 0 Å². The molecule has 1 aliphatic rings. The van der Waals surface area contributed by atoms with Crippen LogP contribution in [0.5, 0.6) is 11.5 Å². The molecule has 1 heterocycles. The first-order valence-electron chi connectivity index (χ1n) is 7.24. The van der Waals surface area contributed by atoms with Crippen molar-refractivity contribution in [3.8, 4) is 11.5 Å². The van der Waals surface area contributed by atoms with Crippen LogP contribution in [0.4, 0.5) is 0 Å². The van der Waals surface area contributed by atoms with Gasteiger partial charge in [0.25, 0.3) is 5.91 Å². The van der Waals surface area contributed by atoms with Gasteiger partial charge >= 0.3 is 0 Å². The van der Waals surface area contributed by atoms with Gasteiger partial charge in [0.2, 0.25) is 0 Å².